The number of likely N-dealkylation sites (N-methyl/N-ethyl adjacent to an activating group) is 1. The molecule has 0 N–H and O–H groups in total. The van der Waals surface area contributed by atoms with Crippen LogP contribution < -0.4 is 0 Å². The number of hydrogen-bond acceptors (Lipinski definition) is 1. The summed E-state index contributed by atoms with van der Waals surface area (Å²) in [6.45, 7) is 12.3. The minimum absolute atomic E-state index is 0.432. The summed E-state index contributed by atoms with van der Waals surface area (Å²) >= 11 is 0. The molecule has 0 radical (unpaired) electrons. The molecule has 3 fully saturated rings. The zero-order valence-electron chi connectivity index (χ0n) is 13.4. The van der Waals surface area contributed by atoms with Crippen LogP contribution in [0.2, 0.25) is 0 Å². The number of nitrogens with zero attached hydrogens (tertiary/aromatic N) is 1. The van der Waals surface area contributed by atoms with E-state index in [2.05, 4.69) is 27.8 Å². The van der Waals surface area contributed by atoms with Crippen molar-refractivity contribution in [3.05, 3.63) is 0 Å². The largest absolute Gasteiger partial charge is 0.372 e. The summed E-state index contributed by atoms with van der Waals surface area (Å²) in [5.74, 6) is 0.902. The standard InChI is InChI=1S/C17H32NO/c1-16(2)14-7-8-17(16,3)15(13-14)19-12-11-18(4)9-5-6-10-18/h14-15H,5-13H2,1-4H3/q+1/t14-,15-,17+/m1/s1. The first-order chi connectivity index (χ1) is 8.87. The fourth-order valence-corrected chi connectivity index (χ4v) is 5.12. The number of ether oxygens (including phenoxy) is 1. The Kier molecular flexibility index (Phi) is 3.26. The highest BCUT2D eigenvalue weighted by molar-refractivity contribution is 5.11. The minimum atomic E-state index is 0.432. The molecular weight excluding hydrogens is 234 g/mol. The van der Waals surface area contributed by atoms with Crippen LogP contribution in [0.4, 0.5) is 0 Å². The van der Waals surface area contributed by atoms with Crippen LogP contribution in [0.3, 0.4) is 0 Å². The van der Waals surface area contributed by atoms with Crippen molar-refractivity contribution in [2.24, 2.45) is 16.7 Å². The van der Waals surface area contributed by atoms with E-state index in [9.17, 15) is 0 Å². The highest BCUT2D eigenvalue weighted by Gasteiger charge is 2.61. The van der Waals surface area contributed by atoms with E-state index in [1.54, 1.807) is 0 Å². The average molecular weight is 266 g/mol. The summed E-state index contributed by atoms with van der Waals surface area (Å²) in [7, 11) is 2.41. The summed E-state index contributed by atoms with van der Waals surface area (Å²) in [6, 6.07) is 0. The van der Waals surface area contributed by atoms with E-state index in [4.69, 9.17) is 4.74 Å². The lowest BCUT2D eigenvalue weighted by Gasteiger charge is -2.39. The molecule has 3 rings (SSSR count). The van der Waals surface area contributed by atoms with E-state index in [1.807, 2.05) is 0 Å². The highest BCUT2D eigenvalue weighted by Crippen LogP contribution is 2.66. The zero-order chi connectivity index (χ0) is 13.7. The molecule has 2 heteroatoms. The summed E-state index contributed by atoms with van der Waals surface area (Å²) in [5, 5.41) is 0. The Labute approximate surface area is 119 Å². The van der Waals surface area contributed by atoms with Gasteiger partial charge in [0.1, 0.15) is 6.54 Å². The van der Waals surface area contributed by atoms with Crippen molar-refractivity contribution in [1.29, 1.82) is 0 Å². The molecule has 1 saturated heterocycles. The van der Waals surface area contributed by atoms with Gasteiger partial charge in [-0.05, 0) is 36.0 Å². The smallest absolute Gasteiger partial charge is 0.102 e. The SMILES string of the molecule is CC1(C)[C@@H]2CC[C@@]1(C)[C@H](OCC[N+]1(C)CCCC1)C2. The van der Waals surface area contributed by atoms with Crippen molar-refractivity contribution in [2.45, 2.75) is 59.0 Å². The molecule has 3 aliphatic rings. The molecule has 19 heavy (non-hydrogen) atoms. The van der Waals surface area contributed by atoms with Gasteiger partial charge in [0.25, 0.3) is 0 Å². The van der Waals surface area contributed by atoms with Crippen LogP contribution in [-0.4, -0.2) is 43.9 Å². The van der Waals surface area contributed by atoms with Gasteiger partial charge in [-0.2, -0.15) is 0 Å². The third-order valence-electron chi connectivity index (χ3n) is 7.31. The number of fused-ring (bicyclic) bond motifs is 2. The molecule has 2 nitrogen and oxygen atoms in total. The molecule has 2 saturated carbocycles. The van der Waals surface area contributed by atoms with Crippen LogP contribution in [0, 0.1) is 16.7 Å². The van der Waals surface area contributed by atoms with Crippen molar-refractivity contribution in [3.8, 4) is 0 Å². The maximum absolute atomic E-state index is 6.39. The first-order valence-electron chi connectivity index (χ1n) is 8.33. The lowest BCUT2D eigenvalue weighted by Crippen LogP contribution is -2.45. The molecule has 1 heterocycles. The quantitative estimate of drug-likeness (QED) is 0.708. The Bertz CT molecular complexity index is 345. The van der Waals surface area contributed by atoms with Gasteiger partial charge in [0.2, 0.25) is 0 Å². The molecule has 2 bridgehead atoms. The summed E-state index contributed by atoms with van der Waals surface area (Å²) in [4.78, 5) is 0. The van der Waals surface area contributed by atoms with E-state index in [0.717, 1.165) is 12.5 Å². The van der Waals surface area contributed by atoms with Crippen molar-refractivity contribution in [1.82, 2.24) is 0 Å². The summed E-state index contributed by atoms with van der Waals surface area (Å²) in [5.41, 5.74) is 0.922. The second-order valence-electron chi connectivity index (χ2n) is 8.47. The van der Waals surface area contributed by atoms with Gasteiger partial charge >= 0.3 is 0 Å². The molecule has 0 aromatic carbocycles. The van der Waals surface area contributed by atoms with Crippen LogP contribution >= 0.6 is 0 Å². The Morgan fingerprint density at radius 3 is 2.37 bits per heavy atom. The third-order valence-corrected chi connectivity index (χ3v) is 7.31. The van der Waals surface area contributed by atoms with E-state index in [1.165, 1.54) is 56.2 Å². The molecular formula is C17H32NO+. The van der Waals surface area contributed by atoms with Gasteiger partial charge in [-0.1, -0.05) is 20.8 Å². The van der Waals surface area contributed by atoms with Gasteiger partial charge in [0, 0.05) is 12.8 Å². The Hall–Kier alpha value is -0.0800. The fourth-order valence-electron chi connectivity index (χ4n) is 5.12. The first kappa shape index (κ1) is 13.9. The van der Waals surface area contributed by atoms with Gasteiger partial charge in [-0.3, -0.25) is 0 Å². The molecule has 110 valence electrons. The van der Waals surface area contributed by atoms with Crippen molar-refractivity contribution in [3.63, 3.8) is 0 Å². The fraction of sp³-hybridized carbons (Fsp3) is 1.00. The summed E-state index contributed by atoms with van der Waals surface area (Å²) < 4.78 is 7.63. The molecule has 1 aliphatic heterocycles. The lowest BCUT2D eigenvalue weighted by atomic mass is 9.70. The summed E-state index contributed by atoms with van der Waals surface area (Å²) in [6.07, 6.45) is 7.46. The van der Waals surface area contributed by atoms with E-state index in [-0.39, 0.29) is 0 Å². The number of hydrogen-bond donors (Lipinski definition) is 0. The topological polar surface area (TPSA) is 9.23 Å². The van der Waals surface area contributed by atoms with Crippen molar-refractivity contribution < 1.29 is 9.22 Å². The normalized spacial score (nSPS) is 42.9. The Morgan fingerprint density at radius 1 is 1.16 bits per heavy atom. The maximum atomic E-state index is 6.39. The van der Waals surface area contributed by atoms with Crippen LogP contribution in [0.5, 0.6) is 0 Å². The number of rotatable bonds is 4. The first-order valence-corrected chi connectivity index (χ1v) is 8.33. The molecule has 0 aromatic rings. The van der Waals surface area contributed by atoms with Gasteiger partial charge < -0.3 is 9.22 Å². The minimum Gasteiger partial charge on any atom is -0.372 e. The lowest BCUT2D eigenvalue weighted by molar-refractivity contribution is -0.898. The predicted molar refractivity (Wildman–Crippen MR) is 79.0 cm³/mol. The Balaban J connectivity index is 1.55. The van der Waals surface area contributed by atoms with E-state index >= 15 is 0 Å². The molecule has 0 amide bonds. The zero-order valence-corrected chi connectivity index (χ0v) is 13.4. The molecule has 2 aliphatic carbocycles. The molecule has 0 spiro atoms. The van der Waals surface area contributed by atoms with Crippen LogP contribution in [0.1, 0.15) is 52.9 Å². The van der Waals surface area contributed by atoms with Gasteiger partial charge in [-0.15, -0.1) is 0 Å². The van der Waals surface area contributed by atoms with E-state index in [0.29, 0.717) is 16.9 Å². The van der Waals surface area contributed by atoms with Crippen molar-refractivity contribution in [2.75, 3.05) is 33.3 Å². The molecule has 0 unspecified atom stereocenters. The van der Waals surface area contributed by atoms with Gasteiger partial charge in [0.05, 0.1) is 32.8 Å². The van der Waals surface area contributed by atoms with Crippen LogP contribution in [0.25, 0.3) is 0 Å². The number of likely N-dealkylation sites (tertiary alicyclic amines) is 1. The monoisotopic (exact) mass is 266 g/mol. The van der Waals surface area contributed by atoms with Crippen molar-refractivity contribution >= 4 is 0 Å². The van der Waals surface area contributed by atoms with Crippen LogP contribution in [0.15, 0.2) is 0 Å². The molecule has 3 atom stereocenters. The average Bonchev–Trinajstić information content (AvgIpc) is 2.91. The second-order valence-corrected chi connectivity index (χ2v) is 8.47. The van der Waals surface area contributed by atoms with E-state index < -0.39 is 0 Å². The van der Waals surface area contributed by atoms with Gasteiger partial charge in [0.15, 0.2) is 0 Å². The second kappa shape index (κ2) is 4.46. The third kappa shape index (κ3) is 2.06. The predicted octanol–water partition coefficient (Wildman–Crippen LogP) is 3.46. The maximum Gasteiger partial charge on any atom is 0.102 e. The Morgan fingerprint density at radius 2 is 1.84 bits per heavy atom. The van der Waals surface area contributed by atoms with Gasteiger partial charge in [-0.25, -0.2) is 0 Å². The molecule has 0 aromatic heterocycles. The number of quaternary nitrogens is 1. The highest BCUT2D eigenvalue weighted by atomic mass is 16.5. The van der Waals surface area contributed by atoms with Crippen LogP contribution in [-0.2, 0) is 4.74 Å².